The smallest absolute Gasteiger partial charge is 0.254 e. The minimum atomic E-state index is -0.792. The van der Waals surface area contributed by atoms with Crippen molar-refractivity contribution in [2.75, 3.05) is 27.2 Å². The third-order valence-corrected chi connectivity index (χ3v) is 9.70. The van der Waals surface area contributed by atoms with Crippen LogP contribution in [-0.2, 0) is 11.2 Å². The molecule has 1 atom stereocenters. The van der Waals surface area contributed by atoms with E-state index < -0.39 is 5.79 Å². The number of carbonyl (C=O) groups is 2. The summed E-state index contributed by atoms with van der Waals surface area (Å²) in [5, 5.41) is 0. The summed E-state index contributed by atoms with van der Waals surface area (Å²) in [5.74, 6) is 0.937. The quantitative estimate of drug-likeness (QED) is 0.458. The molecule has 3 heterocycles. The fourth-order valence-electron chi connectivity index (χ4n) is 7.33. The van der Waals surface area contributed by atoms with Crippen LogP contribution in [0.1, 0.15) is 74.4 Å². The maximum atomic E-state index is 14.2. The first kappa shape index (κ1) is 27.7. The maximum absolute atomic E-state index is 14.2. The van der Waals surface area contributed by atoms with Crippen molar-refractivity contribution < 1.29 is 19.1 Å². The Morgan fingerprint density at radius 1 is 1.00 bits per heavy atom. The number of aromatic nitrogens is 1. The third-order valence-electron chi connectivity index (χ3n) is 9.70. The van der Waals surface area contributed by atoms with Crippen molar-refractivity contribution in [2.24, 2.45) is 5.92 Å². The monoisotopic (exact) mass is 555 g/mol. The minimum Gasteiger partial charge on any atom is -0.448 e. The van der Waals surface area contributed by atoms with Crippen LogP contribution >= 0.6 is 0 Å². The number of pyridine rings is 1. The Morgan fingerprint density at radius 2 is 1.68 bits per heavy atom. The fraction of sp³-hybridized carbons (Fsp3) is 0.500. The van der Waals surface area contributed by atoms with E-state index in [1.807, 2.05) is 37.8 Å². The van der Waals surface area contributed by atoms with Crippen molar-refractivity contribution in [1.82, 2.24) is 14.8 Å². The molecule has 7 heteroatoms. The molecule has 0 radical (unpaired) electrons. The molecular formula is C34H41N3O4. The lowest BCUT2D eigenvalue weighted by atomic mass is 9.81. The van der Waals surface area contributed by atoms with Crippen molar-refractivity contribution in [1.29, 1.82) is 0 Å². The minimum absolute atomic E-state index is 0.0510. The molecule has 2 aliphatic heterocycles. The van der Waals surface area contributed by atoms with E-state index in [-0.39, 0.29) is 17.6 Å². The summed E-state index contributed by atoms with van der Waals surface area (Å²) in [6.07, 6.45) is 11.0. The van der Waals surface area contributed by atoms with Gasteiger partial charge < -0.3 is 19.3 Å². The van der Waals surface area contributed by atoms with Gasteiger partial charge in [-0.2, -0.15) is 0 Å². The van der Waals surface area contributed by atoms with Crippen molar-refractivity contribution >= 4 is 11.7 Å². The maximum Gasteiger partial charge on any atom is 0.254 e. The molecule has 0 unspecified atom stereocenters. The van der Waals surface area contributed by atoms with E-state index in [2.05, 4.69) is 37.0 Å². The molecule has 0 N–H and O–H groups in total. The zero-order valence-electron chi connectivity index (χ0n) is 25.2. The number of carbonyl (C=O) groups excluding carboxylic acids is 2. The van der Waals surface area contributed by atoms with Crippen molar-refractivity contribution in [2.45, 2.75) is 78.0 Å². The van der Waals surface area contributed by atoms with E-state index in [4.69, 9.17) is 9.47 Å². The van der Waals surface area contributed by atoms with E-state index in [0.29, 0.717) is 43.3 Å². The first-order valence-electron chi connectivity index (χ1n) is 14.9. The van der Waals surface area contributed by atoms with E-state index in [0.717, 1.165) is 70.4 Å². The van der Waals surface area contributed by atoms with Gasteiger partial charge in [0, 0.05) is 67.5 Å². The van der Waals surface area contributed by atoms with Gasteiger partial charge in [0.1, 0.15) is 0 Å². The number of amides is 1. The average molecular weight is 556 g/mol. The molecule has 1 aromatic heterocycles. The first-order valence-corrected chi connectivity index (χ1v) is 14.9. The lowest BCUT2D eigenvalue weighted by Gasteiger charge is -2.39. The summed E-state index contributed by atoms with van der Waals surface area (Å²) >= 11 is 0. The number of hydrogen-bond acceptors (Lipinski definition) is 6. The van der Waals surface area contributed by atoms with Gasteiger partial charge in [-0.25, -0.2) is 0 Å². The average Bonchev–Trinajstić information content (AvgIpc) is 3.31. The van der Waals surface area contributed by atoms with Crippen LogP contribution in [0.25, 0.3) is 11.1 Å². The van der Waals surface area contributed by atoms with Crippen molar-refractivity contribution in [3.05, 3.63) is 64.0 Å². The van der Waals surface area contributed by atoms with Crippen LogP contribution in [0.4, 0.5) is 0 Å². The Morgan fingerprint density at radius 3 is 2.34 bits per heavy atom. The molecule has 6 rings (SSSR count). The summed E-state index contributed by atoms with van der Waals surface area (Å²) in [7, 11) is 4.31. The highest BCUT2D eigenvalue weighted by Crippen LogP contribution is 2.55. The van der Waals surface area contributed by atoms with Gasteiger partial charge in [0.25, 0.3) is 11.7 Å². The summed E-state index contributed by atoms with van der Waals surface area (Å²) in [5.41, 5.74) is 7.16. The third kappa shape index (κ3) is 4.78. The van der Waals surface area contributed by atoms with Gasteiger partial charge in [-0.3, -0.25) is 14.6 Å². The number of ketones is 1. The molecule has 2 aromatic rings. The van der Waals surface area contributed by atoms with Gasteiger partial charge in [0.05, 0.1) is 5.56 Å². The number of hydrogen-bond donors (Lipinski definition) is 0. The molecule has 1 aromatic carbocycles. The molecule has 1 saturated carbocycles. The molecule has 41 heavy (non-hydrogen) atoms. The predicted molar refractivity (Wildman–Crippen MR) is 159 cm³/mol. The fourth-order valence-corrected chi connectivity index (χ4v) is 7.33. The Bertz CT molecular complexity index is 1470. The van der Waals surface area contributed by atoms with Gasteiger partial charge in [0.2, 0.25) is 0 Å². The van der Waals surface area contributed by atoms with Crippen molar-refractivity contribution in [3.8, 4) is 22.6 Å². The second kappa shape index (κ2) is 10.4. The molecule has 4 aliphatic rings. The number of allylic oxidation sites excluding steroid dienone is 3. The van der Waals surface area contributed by atoms with Crippen LogP contribution < -0.4 is 9.47 Å². The van der Waals surface area contributed by atoms with E-state index in [1.54, 1.807) is 12.4 Å². The highest BCUT2D eigenvalue weighted by Gasteiger charge is 2.49. The highest BCUT2D eigenvalue weighted by molar-refractivity contribution is 6.04. The number of Topliss-reactive ketones (excluding diaryl/α,β-unsaturated/α-hetero) is 1. The number of rotatable bonds is 5. The van der Waals surface area contributed by atoms with Crippen LogP contribution in [0.2, 0.25) is 0 Å². The van der Waals surface area contributed by atoms with Crippen LogP contribution in [0, 0.1) is 12.8 Å². The molecule has 1 amide bonds. The molecular weight excluding hydrogens is 514 g/mol. The van der Waals surface area contributed by atoms with Crippen LogP contribution in [0.3, 0.4) is 0 Å². The van der Waals surface area contributed by atoms with E-state index in [1.165, 1.54) is 0 Å². The lowest BCUT2D eigenvalue weighted by Crippen LogP contribution is -2.46. The van der Waals surface area contributed by atoms with Crippen molar-refractivity contribution in [3.63, 3.8) is 0 Å². The molecule has 0 bridgehead atoms. The molecule has 7 nitrogen and oxygen atoms in total. The summed E-state index contributed by atoms with van der Waals surface area (Å²) in [6.45, 7) is 8.87. The van der Waals surface area contributed by atoms with Gasteiger partial charge in [0.15, 0.2) is 17.3 Å². The van der Waals surface area contributed by atoms with Gasteiger partial charge >= 0.3 is 0 Å². The molecule has 0 spiro atoms. The Kier molecular flexibility index (Phi) is 7.05. The summed E-state index contributed by atoms with van der Waals surface area (Å²) in [4.78, 5) is 35.5. The lowest BCUT2D eigenvalue weighted by molar-refractivity contribution is -0.123. The topological polar surface area (TPSA) is 72.0 Å². The van der Waals surface area contributed by atoms with Gasteiger partial charge in [-0.05, 0) is 95.8 Å². The van der Waals surface area contributed by atoms with Gasteiger partial charge in [-0.1, -0.05) is 11.6 Å². The Labute approximate surface area is 243 Å². The Balaban J connectivity index is 1.39. The highest BCUT2D eigenvalue weighted by atomic mass is 16.7. The predicted octanol–water partition coefficient (Wildman–Crippen LogP) is 5.90. The molecule has 216 valence electrons. The number of ether oxygens (including phenoxy) is 2. The standard InChI is InChI=1S/C34H41N3O4/c1-20-17-21(2)27(28(38)18-20)19-37-16-13-26-29(33(37)39)22(3)31-32(30(26)23-11-14-35-15-12-23)41-34(4,40-31)24-7-9-25(10-8-24)36(5)6/h11-12,14-15,17,24-25H,7-10,13,16,18-19H2,1-6H3/t24?,25?,34-/m0/s1. The molecule has 0 saturated heterocycles. The largest absolute Gasteiger partial charge is 0.448 e. The summed E-state index contributed by atoms with van der Waals surface area (Å²) in [6, 6.07) is 4.54. The van der Waals surface area contributed by atoms with Crippen LogP contribution in [0.5, 0.6) is 11.5 Å². The van der Waals surface area contributed by atoms with Gasteiger partial charge in [-0.15, -0.1) is 0 Å². The zero-order chi connectivity index (χ0) is 29.1. The zero-order valence-corrected chi connectivity index (χ0v) is 25.2. The SMILES string of the molecule is CC1=CC(C)=C(CN2CCc3c(c(C)c4c(c3-c3ccncc3)O[C@@](C)(C3CCC(N(C)C)CC3)O4)C2=O)C(=O)C1. The van der Waals surface area contributed by atoms with E-state index >= 15 is 0 Å². The second-order valence-electron chi connectivity index (χ2n) is 12.7. The summed E-state index contributed by atoms with van der Waals surface area (Å²) < 4.78 is 13.6. The molecule has 2 aliphatic carbocycles. The number of nitrogens with zero attached hydrogens (tertiary/aromatic N) is 3. The van der Waals surface area contributed by atoms with Crippen LogP contribution in [-0.4, -0.2) is 65.5 Å². The normalized spacial score (nSPS) is 26.0. The van der Waals surface area contributed by atoms with E-state index in [9.17, 15) is 9.59 Å². The second-order valence-corrected chi connectivity index (χ2v) is 12.7. The number of fused-ring (bicyclic) bond motifs is 2. The first-order chi connectivity index (χ1) is 19.6. The number of benzene rings is 1. The molecule has 1 fully saturated rings. The Hall–Kier alpha value is -3.45. The van der Waals surface area contributed by atoms with Crippen LogP contribution in [0.15, 0.2) is 47.3 Å².